The number of amides is 2. The largest absolute Gasteiger partial charge is 0.503 e. The summed E-state index contributed by atoms with van der Waals surface area (Å²) in [7, 11) is 0. The van der Waals surface area contributed by atoms with Crippen LogP contribution in [-0.4, -0.2) is 34.9 Å². The third-order valence-electron chi connectivity index (χ3n) is 3.25. The molecule has 0 aromatic heterocycles. The van der Waals surface area contributed by atoms with Crippen molar-refractivity contribution in [2.24, 2.45) is 5.92 Å². The Morgan fingerprint density at radius 3 is 2.84 bits per heavy atom. The Morgan fingerprint density at radius 1 is 1.47 bits per heavy atom. The van der Waals surface area contributed by atoms with Crippen molar-refractivity contribution in [2.45, 2.75) is 13.3 Å². The van der Waals surface area contributed by atoms with Crippen molar-refractivity contribution >= 4 is 17.5 Å². The molecule has 6 heteroatoms. The van der Waals surface area contributed by atoms with Crippen LogP contribution in [0.5, 0.6) is 5.75 Å². The minimum absolute atomic E-state index is 0.0475. The van der Waals surface area contributed by atoms with Crippen molar-refractivity contribution in [1.82, 2.24) is 4.90 Å². The number of carbonyl (C=O) groups excluding carboxylic acids is 2. The Kier molecular flexibility index (Phi) is 3.69. The molecule has 0 saturated carbocycles. The lowest BCUT2D eigenvalue weighted by atomic mass is 10.1. The molecule has 19 heavy (non-hydrogen) atoms. The molecule has 0 bridgehead atoms. The number of anilines is 1. The number of nitrogens with zero attached hydrogens (tertiary/aromatic N) is 1. The van der Waals surface area contributed by atoms with Gasteiger partial charge in [-0.2, -0.15) is 0 Å². The second kappa shape index (κ2) is 5.26. The number of likely N-dealkylation sites (tertiary alicyclic amines) is 1. The summed E-state index contributed by atoms with van der Waals surface area (Å²) in [4.78, 5) is 24.7. The summed E-state index contributed by atoms with van der Waals surface area (Å²) in [5.41, 5.74) is 0.0475. The van der Waals surface area contributed by atoms with Crippen LogP contribution in [0.25, 0.3) is 0 Å². The van der Waals surface area contributed by atoms with E-state index in [-0.39, 0.29) is 23.4 Å². The zero-order valence-electron chi connectivity index (χ0n) is 10.5. The summed E-state index contributed by atoms with van der Waals surface area (Å²) in [5, 5.41) is 12.0. The quantitative estimate of drug-likeness (QED) is 0.794. The number of halogens is 1. The molecule has 102 valence electrons. The molecule has 1 aromatic carbocycles. The number of hydrogen-bond acceptors (Lipinski definition) is 3. The summed E-state index contributed by atoms with van der Waals surface area (Å²) in [6, 6.07) is 3.94. The van der Waals surface area contributed by atoms with Crippen LogP contribution in [0, 0.1) is 11.7 Å². The van der Waals surface area contributed by atoms with Gasteiger partial charge in [-0.1, -0.05) is 6.07 Å². The van der Waals surface area contributed by atoms with E-state index in [0.29, 0.717) is 19.5 Å². The maximum atomic E-state index is 13.1. The topological polar surface area (TPSA) is 69.6 Å². The summed E-state index contributed by atoms with van der Waals surface area (Å²) in [6.45, 7) is 2.36. The fourth-order valence-electron chi connectivity index (χ4n) is 2.11. The van der Waals surface area contributed by atoms with Crippen LogP contribution in [0.15, 0.2) is 18.2 Å². The van der Waals surface area contributed by atoms with Crippen LogP contribution < -0.4 is 5.32 Å². The highest BCUT2D eigenvalue weighted by molar-refractivity contribution is 5.94. The van der Waals surface area contributed by atoms with Crippen molar-refractivity contribution in [3.8, 4) is 5.75 Å². The van der Waals surface area contributed by atoms with E-state index < -0.39 is 11.6 Å². The third-order valence-corrected chi connectivity index (χ3v) is 3.25. The molecule has 2 N–H and O–H groups in total. The van der Waals surface area contributed by atoms with Crippen LogP contribution in [0.4, 0.5) is 10.1 Å². The zero-order valence-corrected chi connectivity index (χ0v) is 10.5. The molecule has 2 amide bonds. The summed E-state index contributed by atoms with van der Waals surface area (Å²) < 4.78 is 13.1. The molecule has 1 unspecified atom stereocenters. The maximum absolute atomic E-state index is 13.1. The second-order valence-electron chi connectivity index (χ2n) is 4.58. The van der Waals surface area contributed by atoms with Crippen molar-refractivity contribution in [1.29, 1.82) is 0 Å². The van der Waals surface area contributed by atoms with Crippen molar-refractivity contribution < 1.29 is 19.1 Å². The number of benzene rings is 1. The van der Waals surface area contributed by atoms with E-state index in [0.717, 1.165) is 6.07 Å². The molecule has 1 aliphatic heterocycles. The van der Waals surface area contributed by atoms with Gasteiger partial charge >= 0.3 is 0 Å². The van der Waals surface area contributed by atoms with E-state index in [4.69, 9.17) is 0 Å². The number of phenolic OH excluding ortho intramolecular Hbond substituents is 1. The normalized spacial score (nSPS) is 18.4. The van der Waals surface area contributed by atoms with E-state index in [1.54, 1.807) is 4.90 Å². The average molecular weight is 266 g/mol. The molecule has 5 nitrogen and oxygen atoms in total. The Balaban J connectivity index is 2.02. The molecule has 0 spiro atoms. The Hall–Kier alpha value is -2.11. The first-order valence-electron chi connectivity index (χ1n) is 6.03. The number of aromatic hydroxyl groups is 1. The van der Waals surface area contributed by atoms with Crippen molar-refractivity contribution in [2.75, 3.05) is 18.4 Å². The minimum atomic E-state index is -0.783. The van der Waals surface area contributed by atoms with Crippen LogP contribution >= 0.6 is 0 Å². The van der Waals surface area contributed by atoms with Gasteiger partial charge in [0, 0.05) is 20.0 Å². The minimum Gasteiger partial charge on any atom is -0.503 e. The molecule has 1 aliphatic rings. The second-order valence-corrected chi connectivity index (χ2v) is 4.58. The Labute approximate surface area is 110 Å². The SMILES string of the molecule is CC(=O)N1CCC(C(=O)Nc2cccc(F)c2O)C1. The lowest BCUT2D eigenvalue weighted by Crippen LogP contribution is -2.29. The molecular weight excluding hydrogens is 251 g/mol. The van der Waals surface area contributed by atoms with Crippen molar-refractivity contribution in [3.63, 3.8) is 0 Å². The van der Waals surface area contributed by atoms with E-state index >= 15 is 0 Å². The highest BCUT2D eigenvalue weighted by atomic mass is 19.1. The van der Waals surface area contributed by atoms with Gasteiger partial charge in [0.25, 0.3) is 0 Å². The van der Waals surface area contributed by atoms with Gasteiger partial charge in [0.2, 0.25) is 11.8 Å². The first-order valence-corrected chi connectivity index (χ1v) is 6.03. The number of hydrogen-bond donors (Lipinski definition) is 2. The number of phenols is 1. The van der Waals surface area contributed by atoms with Gasteiger partial charge in [0.1, 0.15) is 0 Å². The number of para-hydroxylation sites is 1. The fraction of sp³-hybridized carbons (Fsp3) is 0.385. The number of nitrogens with one attached hydrogen (secondary N) is 1. The van der Waals surface area contributed by atoms with Gasteiger partial charge in [-0.15, -0.1) is 0 Å². The van der Waals surface area contributed by atoms with Gasteiger partial charge in [-0.3, -0.25) is 9.59 Å². The highest BCUT2D eigenvalue weighted by Crippen LogP contribution is 2.27. The highest BCUT2D eigenvalue weighted by Gasteiger charge is 2.30. The summed E-state index contributed by atoms with van der Waals surface area (Å²) in [6.07, 6.45) is 0.571. The van der Waals surface area contributed by atoms with Gasteiger partial charge in [-0.25, -0.2) is 4.39 Å². The zero-order chi connectivity index (χ0) is 14.0. The molecule has 1 atom stereocenters. The van der Waals surface area contributed by atoms with Gasteiger partial charge in [0.05, 0.1) is 11.6 Å². The van der Waals surface area contributed by atoms with Crippen molar-refractivity contribution in [3.05, 3.63) is 24.0 Å². The number of rotatable bonds is 2. The first kappa shape index (κ1) is 13.3. The standard InChI is InChI=1S/C13H15FN2O3/c1-8(17)16-6-5-9(7-16)13(19)15-11-4-2-3-10(14)12(11)18/h2-4,9,18H,5-7H2,1H3,(H,15,19). The fourth-order valence-corrected chi connectivity index (χ4v) is 2.11. The van der Waals surface area contributed by atoms with Crippen LogP contribution in [0.3, 0.4) is 0 Å². The summed E-state index contributed by atoms with van der Waals surface area (Å²) in [5.74, 6) is -2.06. The van der Waals surface area contributed by atoms with E-state index in [1.165, 1.54) is 19.1 Å². The van der Waals surface area contributed by atoms with Gasteiger partial charge < -0.3 is 15.3 Å². The number of carbonyl (C=O) groups is 2. The molecule has 0 aliphatic carbocycles. The van der Waals surface area contributed by atoms with Gasteiger partial charge in [0.15, 0.2) is 11.6 Å². The van der Waals surface area contributed by atoms with Crippen LogP contribution in [-0.2, 0) is 9.59 Å². The smallest absolute Gasteiger partial charge is 0.229 e. The Morgan fingerprint density at radius 2 is 2.21 bits per heavy atom. The first-order chi connectivity index (χ1) is 8.99. The lowest BCUT2D eigenvalue weighted by Gasteiger charge is -2.14. The summed E-state index contributed by atoms with van der Waals surface area (Å²) >= 11 is 0. The van der Waals surface area contributed by atoms with E-state index in [9.17, 15) is 19.1 Å². The van der Waals surface area contributed by atoms with E-state index in [2.05, 4.69) is 5.32 Å². The monoisotopic (exact) mass is 266 g/mol. The third kappa shape index (κ3) is 2.83. The molecule has 1 saturated heterocycles. The van der Waals surface area contributed by atoms with E-state index in [1.807, 2.05) is 0 Å². The lowest BCUT2D eigenvalue weighted by molar-refractivity contribution is -0.128. The van der Waals surface area contributed by atoms with Crippen LogP contribution in [0.2, 0.25) is 0 Å². The van der Waals surface area contributed by atoms with Crippen LogP contribution in [0.1, 0.15) is 13.3 Å². The predicted octanol–water partition coefficient (Wildman–Crippen LogP) is 1.34. The average Bonchev–Trinajstić information content (AvgIpc) is 2.84. The molecule has 1 aromatic rings. The maximum Gasteiger partial charge on any atom is 0.229 e. The molecule has 1 fully saturated rings. The van der Waals surface area contributed by atoms with Gasteiger partial charge in [-0.05, 0) is 18.6 Å². The Bertz CT molecular complexity index is 519. The molecule has 2 rings (SSSR count). The molecular formula is C13H15FN2O3. The molecule has 1 heterocycles. The predicted molar refractivity (Wildman–Crippen MR) is 67.1 cm³/mol. The molecule has 0 radical (unpaired) electrons.